The number of nitrogens with one attached hydrogen (secondary N) is 2. The molecule has 3 aliphatic heterocycles. The highest BCUT2D eigenvalue weighted by Gasteiger charge is 2.52. The van der Waals surface area contributed by atoms with Crippen molar-refractivity contribution >= 4 is 43.6 Å². The lowest BCUT2D eigenvalue weighted by Gasteiger charge is -2.35. The molecule has 436 valence electrons. The van der Waals surface area contributed by atoms with Crippen LogP contribution in [0.15, 0.2) is 75.4 Å². The van der Waals surface area contributed by atoms with Crippen LogP contribution in [0.2, 0.25) is 0 Å². The van der Waals surface area contributed by atoms with Crippen LogP contribution in [0.25, 0.3) is 5.57 Å². The van der Waals surface area contributed by atoms with Crippen molar-refractivity contribution in [2.24, 2.45) is 11.3 Å². The Hall–Kier alpha value is -4.93. The molecule has 22 nitrogen and oxygen atoms in total. The average molecular weight is 1150 g/mol. The first-order valence-electron chi connectivity index (χ1n) is 26.6. The summed E-state index contributed by atoms with van der Waals surface area (Å²) < 4.78 is 121. The molecule has 3 unspecified atom stereocenters. The van der Waals surface area contributed by atoms with Crippen molar-refractivity contribution in [3.05, 3.63) is 98.3 Å². The summed E-state index contributed by atoms with van der Waals surface area (Å²) in [6, 6.07) is 6.84. The largest absolute Gasteiger partial charge is 0.478 e. The molecule has 2 saturated heterocycles. The van der Waals surface area contributed by atoms with E-state index in [4.69, 9.17) is 47.5 Å². The molecule has 5 aliphatic rings. The first kappa shape index (κ1) is 61.7. The van der Waals surface area contributed by atoms with Gasteiger partial charge in [0, 0.05) is 41.1 Å². The van der Waals surface area contributed by atoms with Crippen LogP contribution in [-0.4, -0.2) is 174 Å². The third-order valence-corrected chi connectivity index (χ3v) is 17.5. The molecule has 4 N–H and O–H groups in total. The van der Waals surface area contributed by atoms with E-state index in [-0.39, 0.29) is 108 Å². The molecule has 3 atom stereocenters. The average Bonchev–Trinajstić information content (AvgIpc) is 4.19. The normalized spacial score (nSPS) is 20.3. The van der Waals surface area contributed by atoms with Crippen molar-refractivity contribution in [1.29, 1.82) is 0 Å². The van der Waals surface area contributed by atoms with Gasteiger partial charge in [0.1, 0.15) is 9.80 Å². The van der Waals surface area contributed by atoms with Gasteiger partial charge in [-0.3, -0.25) is 9.35 Å². The number of nitrogens with zero attached hydrogens (tertiary/aromatic N) is 1. The fraction of sp³-hybridized carbons (Fsp3) is 0.582. The van der Waals surface area contributed by atoms with Gasteiger partial charge in [-0.05, 0) is 71.6 Å². The van der Waals surface area contributed by atoms with E-state index >= 15 is 0 Å². The number of benzene rings is 2. The molecule has 2 aromatic carbocycles. The summed E-state index contributed by atoms with van der Waals surface area (Å²) in [6.45, 7) is 20.2. The Balaban J connectivity index is 0.815. The Bertz CT molecular complexity index is 2880. The molecule has 0 spiro atoms. The minimum absolute atomic E-state index is 0.00380. The number of rotatable bonds is 33. The van der Waals surface area contributed by atoms with Crippen molar-refractivity contribution in [1.82, 2.24) is 15.1 Å². The van der Waals surface area contributed by atoms with E-state index in [9.17, 15) is 40.9 Å². The molecule has 3 heterocycles. The van der Waals surface area contributed by atoms with E-state index in [0.29, 0.717) is 109 Å². The number of ether oxygens (including phenoxy) is 9. The second kappa shape index (κ2) is 27.2. The Morgan fingerprint density at radius 2 is 1.30 bits per heavy atom. The van der Waals surface area contributed by atoms with E-state index in [0.717, 1.165) is 10.6 Å². The van der Waals surface area contributed by atoms with Crippen molar-refractivity contribution in [3.8, 4) is 5.75 Å². The molecule has 0 saturated carbocycles. The first-order chi connectivity index (χ1) is 37.6. The quantitative estimate of drug-likeness (QED) is 0.0548. The van der Waals surface area contributed by atoms with Crippen molar-refractivity contribution in [3.63, 3.8) is 0 Å². The Morgan fingerprint density at radius 1 is 0.772 bits per heavy atom. The molecule has 24 heteroatoms. The van der Waals surface area contributed by atoms with E-state index < -0.39 is 53.9 Å². The van der Waals surface area contributed by atoms with Crippen molar-refractivity contribution in [2.75, 3.05) is 112 Å². The van der Waals surface area contributed by atoms with Gasteiger partial charge in [-0.1, -0.05) is 59.4 Å². The minimum Gasteiger partial charge on any atom is -0.478 e. The van der Waals surface area contributed by atoms with Gasteiger partial charge in [0.25, 0.3) is 16.0 Å². The van der Waals surface area contributed by atoms with Crippen LogP contribution in [-0.2, 0) is 84.3 Å². The molecule has 2 fully saturated rings. The molecule has 0 bridgehead atoms. The Morgan fingerprint density at radius 3 is 1.82 bits per heavy atom. The predicted molar refractivity (Wildman–Crippen MR) is 287 cm³/mol. The Kier molecular flexibility index (Phi) is 21.3. The summed E-state index contributed by atoms with van der Waals surface area (Å²) in [4.78, 5) is 40.7. The van der Waals surface area contributed by atoms with Crippen LogP contribution >= 0.6 is 0 Å². The lowest BCUT2D eigenvalue weighted by molar-refractivity contribution is -0.187. The van der Waals surface area contributed by atoms with Crippen LogP contribution in [0, 0.1) is 11.3 Å². The molecule has 1 amide bonds. The highest BCUT2D eigenvalue weighted by molar-refractivity contribution is 7.90. The molecule has 0 radical (unpaired) electrons. The molecular formula is C55H75N3O19S2. The van der Waals surface area contributed by atoms with E-state index in [2.05, 4.69) is 16.6 Å². The maximum Gasteiger partial charge on any atom is 0.336 e. The third-order valence-electron chi connectivity index (χ3n) is 15.0. The predicted octanol–water partition coefficient (Wildman–Crippen LogP) is 4.87. The summed E-state index contributed by atoms with van der Waals surface area (Å²) in [6.07, 6.45) is 2.90. The number of aromatic carboxylic acids is 1. The summed E-state index contributed by atoms with van der Waals surface area (Å²) in [5, 5.41) is 14.7. The van der Waals surface area contributed by atoms with Gasteiger partial charge in [0.05, 0.1) is 129 Å². The highest BCUT2D eigenvalue weighted by Crippen LogP contribution is 2.57. The number of fused-ring (bicyclic) bond motifs is 4. The number of hydrogen-bond donors (Lipinski definition) is 4. The van der Waals surface area contributed by atoms with Gasteiger partial charge >= 0.3 is 11.9 Å². The monoisotopic (exact) mass is 1150 g/mol. The maximum atomic E-state index is 14.8. The van der Waals surface area contributed by atoms with Gasteiger partial charge in [0.2, 0.25) is 10.0 Å². The first-order valence-corrected chi connectivity index (χ1v) is 29.5. The number of sulfonamides is 1. The zero-order valence-corrected chi connectivity index (χ0v) is 47.5. The minimum atomic E-state index is -5.02. The molecule has 0 aromatic heterocycles. The topological polar surface area (TPSA) is 280 Å². The molecule has 79 heavy (non-hydrogen) atoms. The standard InChI is InChI=1S/C55H75N3O19S2/c1-35-32-40-43(54(35,4)5)33-41-47(38-10-8-9-11-39(38)53(61)62)42-34-44-48(57-37(3)55(44,6)7)52(79(65,66)67)50(42)76-49(41)51(40)78(63,64)56-15-17-69-19-21-71-23-25-73-27-29-75-31-30-74-28-26-72-24-22-70-20-18-68-16-14-46(60)77-58-36(2)12-13-45(58)59/h8-11,33-35,37,48,56-57H,2,12-32H2,1,3-7H3,(H,61,62)(H,65,66,67). The zero-order valence-electron chi connectivity index (χ0n) is 45.9. The van der Waals surface area contributed by atoms with E-state index in [1.807, 2.05) is 47.6 Å². The van der Waals surface area contributed by atoms with Gasteiger partial charge in [0.15, 0.2) is 11.5 Å². The number of carbonyl (C=O) groups is 3. The van der Waals surface area contributed by atoms with E-state index in [1.54, 1.807) is 24.3 Å². The molecular weight excluding hydrogens is 1070 g/mol. The van der Waals surface area contributed by atoms with Crippen molar-refractivity contribution < 1.29 is 88.3 Å². The Labute approximate surface area is 462 Å². The number of allylic oxidation sites excluding steroid dienone is 2. The maximum absolute atomic E-state index is 14.8. The van der Waals surface area contributed by atoms with Gasteiger partial charge in [-0.15, -0.1) is 5.06 Å². The van der Waals surface area contributed by atoms with Crippen LogP contribution in [0.4, 0.5) is 0 Å². The second-order valence-electron chi connectivity index (χ2n) is 20.8. The summed E-state index contributed by atoms with van der Waals surface area (Å²) in [5.74, 6) is -2.59. The molecule has 2 aliphatic carbocycles. The number of carboxylic acid groups (broad SMARTS) is 1. The number of carbonyl (C=O) groups excluding carboxylic acids is 2. The number of amides is 1. The third kappa shape index (κ3) is 14.8. The van der Waals surface area contributed by atoms with Crippen LogP contribution in [0.3, 0.4) is 0 Å². The molecule has 7 rings (SSSR count). The van der Waals surface area contributed by atoms with Crippen LogP contribution in [0.5, 0.6) is 5.75 Å². The lowest BCUT2D eigenvalue weighted by atomic mass is 9.74. The molecule has 2 aromatic rings. The fourth-order valence-electron chi connectivity index (χ4n) is 9.99. The number of hydrogen-bond acceptors (Lipinski definition) is 18. The van der Waals surface area contributed by atoms with Crippen LogP contribution < -0.4 is 14.8 Å². The fourth-order valence-corrected chi connectivity index (χ4v) is 12.3. The highest BCUT2D eigenvalue weighted by atomic mass is 32.2. The smallest absolute Gasteiger partial charge is 0.336 e. The van der Waals surface area contributed by atoms with Gasteiger partial charge < -0.3 is 57.9 Å². The second-order valence-corrected chi connectivity index (χ2v) is 23.8. The number of carboxylic acids is 1. The van der Waals surface area contributed by atoms with Gasteiger partial charge in [-0.2, -0.15) is 8.42 Å². The zero-order chi connectivity index (χ0) is 57.1. The van der Waals surface area contributed by atoms with Crippen LogP contribution in [0.1, 0.15) is 93.4 Å². The summed E-state index contributed by atoms with van der Waals surface area (Å²) in [7, 11) is -9.47. The van der Waals surface area contributed by atoms with Gasteiger partial charge in [-0.25, -0.2) is 22.7 Å². The van der Waals surface area contributed by atoms with Crippen molar-refractivity contribution in [2.45, 2.75) is 89.6 Å². The number of hydroxylamine groups is 2. The SMILES string of the molecule is C=C1CCC(=O)N1OC(=O)CCOCCOCCOCCOCCOCCOCCOCCOCCNS(=O)(=O)c1c2c(cc3c1OC1=C(S(=O)(=O)O)C4NC(C)C(C)(C)C4=CC1=C3c1ccccc1C(=O)O)C(C)(C)C(C)C2. The summed E-state index contributed by atoms with van der Waals surface area (Å²) >= 11 is 0. The summed E-state index contributed by atoms with van der Waals surface area (Å²) in [5.41, 5.74) is 2.02. The van der Waals surface area contributed by atoms with E-state index in [1.165, 1.54) is 6.07 Å². The lowest BCUT2D eigenvalue weighted by Crippen LogP contribution is -2.37.